The highest BCUT2D eigenvalue weighted by molar-refractivity contribution is 5.89. The summed E-state index contributed by atoms with van der Waals surface area (Å²) in [6.45, 7) is 2.86. The summed E-state index contributed by atoms with van der Waals surface area (Å²) in [5, 5.41) is 15.7. The van der Waals surface area contributed by atoms with Gasteiger partial charge >= 0.3 is 0 Å². The second-order valence-corrected chi connectivity index (χ2v) is 4.22. The lowest BCUT2D eigenvalue weighted by Crippen LogP contribution is -2.39. The fraction of sp³-hybridized carbons (Fsp3) is 0.778. The summed E-state index contributed by atoms with van der Waals surface area (Å²) < 4.78 is 0. The Kier molecular flexibility index (Phi) is 3.45. The van der Waals surface area contributed by atoms with E-state index < -0.39 is 0 Å². The third-order valence-corrected chi connectivity index (χ3v) is 2.82. The molecule has 0 spiro atoms. The van der Waals surface area contributed by atoms with Crippen molar-refractivity contribution in [1.29, 1.82) is 0 Å². The molecule has 1 aromatic heterocycles. The summed E-state index contributed by atoms with van der Waals surface area (Å²) in [5.74, 6) is 0.362. The van der Waals surface area contributed by atoms with Crippen LogP contribution in [0.2, 0.25) is 0 Å². The Morgan fingerprint density at radius 1 is 1.69 bits per heavy atom. The molecule has 1 fully saturated rings. The molecule has 88 valence electrons. The summed E-state index contributed by atoms with van der Waals surface area (Å²) >= 11 is 0. The summed E-state index contributed by atoms with van der Waals surface area (Å²) in [4.78, 5) is 13.8. The van der Waals surface area contributed by atoms with Crippen LogP contribution in [0.1, 0.15) is 23.5 Å². The average molecular weight is 224 g/mol. The van der Waals surface area contributed by atoms with E-state index in [2.05, 4.69) is 37.9 Å². The molecule has 1 saturated heterocycles. The first-order valence-electron chi connectivity index (χ1n) is 5.46. The smallest absolute Gasteiger partial charge is 0.292 e. The van der Waals surface area contributed by atoms with Crippen LogP contribution in [0.5, 0.6) is 0 Å². The average Bonchev–Trinajstić information content (AvgIpc) is 2.79. The number of aromatic amines is 1. The van der Waals surface area contributed by atoms with Crippen molar-refractivity contribution in [2.75, 3.05) is 26.7 Å². The number of hydrogen-bond donors (Lipinski definition) is 2. The van der Waals surface area contributed by atoms with Crippen molar-refractivity contribution < 1.29 is 4.79 Å². The number of piperidine rings is 1. The van der Waals surface area contributed by atoms with E-state index in [0.717, 1.165) is 19.5 Å². The summed E-state index contributed by atoms with van der Waals surface area (Å²) in [6.07, 6.45) is 2.36. The van der Waals surface area contributed by atoms with Crippen molar-refractivity contribution in [3.05, 3.63) is 5.82 Å². The zero-order valence-corrected chi connectivity index (χ0v) is 9.31. The second-order valence-electron chi connectivity index (χ2n) is 4.22. The zero-order valence-electron chi connectivity index (χ0n) is 9.31. The number of H-pyrrole nitrogens is 1. The Bertz CT molecular complexity index is 338. The summed E-state index contributed by atoms with van der Waals surface area (Å²) in [7, 11) is 2.10. The molecule has 0 saturated carbocycles. The number of carbonyl (C=O) groups is 1. The highest BCUT2D eigenvalue weighted by Crippen LogP contribution is 2.13. The molecule has 1 aliphatic rings. The minimum Gasteiger partial charge on any atom is -0.349 e. The van der Waals surface area contributed by atoms with Crippen LogP contribution in [-0.4, -0.2) is 58.1 Å². The number of rotatable bonds is 3. The summed E-state index contributed by atoms with van der Waals surface area (Å²) in [5.41, 5.74) is 0. The number of hydrogen-bond acceptors (Lipinski definition) is 5. The molecule has 7 heteroatoms. The van der Waals surface area contributed by atoms with E-state index in [1.54, 1.807) is 0 Å². The van der Waals surface area contributed by atoms with Crippen molar-refractivity contribution in [1.82, 2.24) is 30.8 Å². The van der Waals surface area contributed by atoms with Gasteiger partial charge in [-0.2, -0.15) is 5.21 Å². The molecular weight excluding hydrogens is 208 g/mol. The fourth-order valence-electron chi connectivity index (χ4n) is 2.01. The largest absolute Gasteiger partial charge is 0.349 e. The maximum absolute atomic E-state index is 11.5. The Morgan fingerprint density at radius 2 is 2.56 bits per heavy atom. The first-order chi connectivity index (χ1) is 7.75. The van der Waals surface area contributed by atoms with E-state index in [-0.39, 0.29) is 11.7 Å². The van der Waals surface area contributed by atoms with Gasteiger partial charge in [-0.05, 0) is 37.6 Å². The standard InChI is InChI=1S/C9H16N6O/c1-15-4-2-3-7(6-15)5-10-9(16)8-11-13-14-12-8/h7H,2-6H2,1H3,(H,10,16)(H,11,12,13,14). The Hall–Kier alpha value is -1.50. The quantitative estimate of drug-likeness (QED) is 0.707. The van der Waals surface area contributed by atoms with E-state index >= 15 is 0 Å². The van der Waals surface area contributed by atoms with Crippen molar-refractivity contribution in [3.63, 3.8) is 0 Å². The lowest BCUT2D eigenvalue weighted by atomic mass is 9.98. The van der Waals surface area contributed by atoms with E-state index in [1.807, 2.05) is 0 Å². The van der Waals surface area contributed by atoms with Crippen LogP contribution in [0.3, 0.4) is 0 Å². The van der Waals surface area contributed by atoms with Crippen molar-refractivity contribution >= 4 is 5.91 Å². The number of tetrazole rings is 1. The topological polar surface area (TPSA) is 86.8 Å². The van der Waals surface area contributed by atoms with Gasteiger partial charge in [0.1, 0.15) is 0 Å². The van der Waals surface area contributed by atoms with Crippen LogP contribution in [0.25, 0.3) is 0 Å². The lowest BCUT2D eigenvalue weighted by Gasteiger charge is -2.29. The first-order valence-corrected chi connectivity index (χ1v) is 5.46. The van der Waals surface area contributed by atoms with Crippen molar-refractivity contribution in [2.24, 2.45) is 5.92 Å². The fourth-order valence-corrected chi connectivity index (χ4v) is 2.01. The van der Waals surface area contributed by atoms with Gasteiger partial charge in [0.05, 0.1) is 0 Å². The molecule has 0 aliphatic carbocycles. The Labute approximate surface area is 93.6 Å². The van der Waals surface area contributed by atoms with Gasteiger partial charge in [0, 0.05) is 13.1 Å². The molecule has 0 aromatic carbocycles. The SMILES string of the molecule is CN1CCCC(CNC(=O)c2nn[nH]n2)C1. The lowest BCUT2D eigenvalue weighted by molar-refractivity contribution is 0.0926. The van der Waals surface area contributed by atoms with Crippen LogP contribution in [0, 0.1) is 5.92 Å². The molecule has 1 aliphatic heterocycles. The van der Waals surface area contributed by atoms with Gasteiger partial charge < -0.3 is 10.2 Å². The molecule has 2 N–H and O–H groups in total. The normalized spacial score (nSPS) is 21.9. The molecule has 2 heterocycles. The zero-order chi connectivity index (χ0) is 11.4. The summed E-state index contributed by atoms with van der Waals surface area (Å²) in [6, 6.07) is 0. The minimum absolute atomic E-state index is 0.101. The Balaban J connectivity index is 1.77. The van der Waals surface area contributed by atoms with Gasteiger partial charge in [-0.1, -0.05) is 0 Å². The highest BCUT2D eigenvalue weighted by Gasteiger charge is 2.18. The van der Waals surface area contributed by atoms with E-state index in [4.69, 9.17) is 0 Å². The predicted octanol–water partition coefficient (Wildman–Crippen LogP) is -0.729. The van der Waals surface area contributed by atoms with E-state index in [1.165, 1.54) is 6.42 Å². The third kappa shape index (κ3) is 2.75. The van der Waals surface area contributed by atoms with Crippen LogP contribution in [0.15, 0.2) is 0 Å². The minimum atomic E-state index is -0.262. The number of likely N-dealkylation sites (tertiary alicyclic amines) is 1. The number of carbonyl (C=O) groups excluding carboxylic acids is 1. The maximum atomic E-state index is 11.5. The van der Waals surface area contributed by atoms with Gasteiger partial charge in [-0.25, -0.2) is 0 Å². The van der Waals surface area contributed by atoms with Crippen LogP contribution < -0.4 is 5.32 Å². The van der Waals surface area contributed by atoms with Crippen molar-refractivity contribution in [3.8, 4) is 0 Å². The maximum Gasteiger partial charge on any atom is 0.292 e. The number of nitrogens with one attached hydrogen (secondary N) is 2. The van der Waals surface area contributed by atoms with Crippen LogP contribution in [0.4, 0.5) is 0 Å². The van der Waals surface area contributed by atoms with Gasteiger partial charge in [-0.15, -0.1) is 10.2 Å². The number of aromatic nitrogens is 4. The molecule has 1 unspecified atom stereocenters. The molecule has 0 bridgehead atoms. The van der Waals surface area contributed by atoms with Gasteiger partial charge in [0.25, 0.3) is 11.7 Å². The van der Waals surface area contributed by atoms with Gasteiger partial charge in [0.15, 0.2) is 0 Å². The number of amides is 1. The second kappa shape index (κ2) is 5.02. The monoisotopic (exact) mass is 224 g/mol. The molecule has 0 radical (unpaired) electrons. The highest BCUT2D eigenvalue weighted by atomic mass is 16.2. The number of nitrogens with zero attached hydrogens (tertiary/aromatic N) is 4. The van der Waals surface area contributed by atoms with Gasteiger partial charge in [0.2, 0.25) is 0 Å². The van der Waals surface area contributed by atoms with Crippen LogP contribution in [-0.2, 0) is 0 Å². The molecule has 1 atom stereocenters. The Morgan fingerprint density at radius 3 is 3.25 bits per heavy atom. The van der Waals surface area contributed by atoms with Gasteiger partial charge in [-0.3, -0.25) is 4.79 Å². The van der Waals surface area contributed by atoms with Crippen LogP contribution >= 0.6 is 0 Å². The van der Waals surface area contributed by atoms with E-state index in [0.29, 0.717) is 12.5 Å². The molecule has 7 nitrogen and oxygen atoms in total. The molecule has 1 amide bonds. The molecule has 1 aromatic rings. The first kappa shape index (κ1) is 11.0. The third-order valence-electron chi connectivity index (χ3n) is 2.82. The molecule has 16 heavy (non-hydrogen) atoms. The predicted molar refractivity (Wildman–Crippen MR) is 56.7 cm³/mol. The van der Waals surface area contributed by atoms with Crippen molar-refractivity contribution in [2.45, 2.75) is 12.8 Å². The van der Waals surface area contributed by atoms with E-state index in [9.17, 15) is 4.79 Å². The molecular formula is C9H16N6O. The molecule has 2 rings (SSSR count).